The summed E-state index contributed by atoms with van der Waals surface area (Å²) in [4.78, 5) is 24.3. The number of hydrogen-bond acceptors (Lipinski definition) is 3. The van der Waals surface area contributed by atoms with Crippen LogP contribution in [0.25, 0.3) is 0 Å². The Hall–Kier alpha value is -2.82. The lowest BCUT2D eigenvalue weighted by atomic mass is 9.87. The van der Waals surface area contributed by atoms with E-state index >= 15 is 0 Å². The molecule has 0 radical (unpaired) electrons. The smallest absolute Gasteiger partial charge is 0.222 e. The third-order valence-corrected chi connectivity index (χ3v) is 5.06. The summed E-state index contributed by atoms with van der Waals surface area (Å²) in [7, 11) is 0. The van der Waals surface area contributed by atoms with Gasteiger partial charge in [-0.2, -0.15) is 0 Å². The molecule has 1 aliphatic carbocycles. The second-order valence-electron chi connectivity index (χ2n) is 7.34. The Morgan fingerprint density at radius 3 is 2.63 bits per heavy atom. The molecule has 2 unspecified atom stereocenters. The van der Waals surface area contributed by atoms with E-state index in [1.54, 1.807) is 0 Å². The number of fused-ring (bicyclic) bond motifs is 1. The molecule has 5 heteroatoms. The number of hydrogen-bond donors (Lipinski definition) is 3. The molecule has 4 N–H and O–H groups in total. The van der Waals surface area contributed by atoms with Crippen LogP contribution in [-0.4, -0.2) is 11.8 Å². The highest BCUT2D eigenvalue weighted by Gasteiger charge is 2.24. The van der Waals surface area contributed by atoms with Gasteiger partial charge in [0, 0.05) is 12.6 Å². The fraction of sp³-hybridized carbons (Fsp3) is 0.364. The second kappa shape index (κ2) is 8.25. The minimum atomic E-state index is -0.336. The molecule has 0 spiro atoms. The van der Waals surface area contributed by atoms with E-state index in [0.717, 1.165) is 41.6 Å². The number of benzene rings is 2. The van der Waals surface area contributed by atoms with E-state index < -0.39 is 0 Å². The summed E-state index contributed by atoms with van der Waals surface area (Å²) in [5, 5.41) is 6.04. The quantitative estimate of drug-likeness (QED) is 0.711. The van der Waals surface area contributed by atoms with Crippen LogP contribution in [0.2, 0.25) is 0 Å². The predicted molar refractivity (Wildman–Crippen MR) is 107 cm³/mol. The molecule has 3 rings (SSSR count). The molecule has 0 fully saturated rings. The van der Waals surface area contributed by atoms with Gasteiger partial charge in [0.15, 0.2) is 0 Å². The van der Waals surface area contributed by atoms with Crippen LogP contribution in [0.15, 0.2) is 42.5 Å². The van der Waals surface area contributed by atoms with E-state index in [0.29, 0.717) is 0 Å². The summed E-state index contributed by atoms with van der Waals surface area (Å²) in [5.74, 6) is -0.212. The standard InChI is InChI=1S/C22H27N3O2/c1-14-6-8-16(9-7-14)21(24-15(2)26)13-22(27)25-20-5-3-4-17-12-18(23)10-11-19(17)20/h6-12,20-21H,3-5,13,23H2,1-2H3,(H,24,26)(H,25,27). The highest BCUT2D eigenvalue weighted by Crippen LogP contribution is 2.31. The minimum Gasteiger partial charge on any atom is -0.399 e. The number of carbonyl (C=O) groups is 2. The molecule has 2 atom stereocenters. The van der Waals surface area contributed by atoms with Crippen LogP contribution in [0.1, 0.15) is 60.5 Å². The predicted octanol–water partition coefficient (Wildman–Crippen LogP) is 3.34. The van der Waals surface area contributed by atoms with Crippen LogP contribution in [0.4, 0.5) is 5.69 Å². The molecule has 0 aromatic heterocycles. The van der Waals surface area contributed by atoms with Crippen LogP contribution in [0.5, 0.6) is 0 Å². The Morgan fingerprint density at radius 1 is 1.19 bits per heavy atom. The van der Waals surface area contributed by atoms with Crippen molar-refractivity contribution in [1.29, 1.82) is 0 Å². The molecule has 0 saturated carbocycles. The maximum Gasteiger partial charge on any atom is 0.222 e. The third kappa shape index (κ3) is 4.88. The minimum absolute atomic E-state index is 0.00199. The lowest BCUT2D eigenvalue weighted by Crippen LogP contribution is -2.35. The van der Waals surface area contributed by atoms with E-state index in [1.807, 2.05) is 49.4 Å². The summed E-state index contributed by atoms with van der Waals surface area (Å²) < 4.78 is 0. The van der Waals surface area contributed by atoms with Crippen molar-refractivity contribution >= 4 is 17.5 Å². The Labute approximate surface area is 160 Å². The number of nitrogens with one attached hydrogen (secondary N) is 2. The molecule has 2 aromatic rings. The molecule has 0 heterocycles. The molecule has 27 heavy (non-hydrogen) atoms. The monoisotopic (exact) mass is 365 g/mol. The van der Waals surface area contributed by atoms with Crippen LogP contribution >= 0.6 is 0 Å². The molecule has 0 saturated heterocycles. The molecule has 2 aromatic carbocycles. The number of anilines is 1. The van der Waals surface area contributed by atoms with Gasteiger partial charge in [-0.05, 0) is 55.0 Å². The van der Waals surface area contributed by atoms with Gasteiger partial charge in [-0.1, -0.05) is 35.9 Å². The van der Waals surface area contributed by atoms with Gasteiger partial charge < -0.3 is 16.4 Å². The van der Waals surface area contributed by atoms with Gasteiger partial charge in [0.1, 0.15) is 0 Å². The second-order valence-corrected chi connectivity index (χ2v) is 7.34. The first-order valence-electron chi connectivity index (χ1n) is 9.43. The maximum atomic E-state index is 12.7. The van der Waals surface area contributed by atoms with Crippen molar-refractivity contribution in [2.75, 3.05) is 5.73 Å². The van der Waals surface area contributed by atoms with Crippen molar-refractivity contribution in [3.63, 3.8) is 0 Å². The number of amides is 2. The van der Waals surface area contributed by atoms with E-state index in [2.05, 4.69) is 10.6 Å². The Balaban J connectivity index is 1.71. The fourth-order valence-corrected chi connectivity index (χ4v) is 3.72. The summed E-state index contributed by atoms with van der Waals surface area (Å²) in [6.07, 6.45) is 3.14. The van der Waals surface area contributed by atoms with E-state index in [-0.39, 0.29) is 30.3 Å². The molecular weight excluding hydrogens is 338 g/mol. The summed E-state index contributed by atoms with van der Waals surface area (Å²) >= 11 is 0. The third-order valence-electron chi connectivity index (χ3n) is 5.06. The van der Waals surface area contributed by atoms with Gasteiger partial charge >= 0.3 is 0 Å². The van der Waals surface area contributed by atoms with Crippen molar-refractivity contribution < 1.29 is 9.59 Å². The number of nitrogen functional groups attached to an aromatic ring is 1. The maximum absolute atomic E-state index is 12.7. The molecule has 0 bridgehead atoms. The molecule has 1 aliphatic rings. The van der Waals surface area contributed by atoms with Crippen LogP contribution in [-0.2, 0) is 16.0 Å². The molecular formula is C22H27N3O2. The van der Waals surface area contributed by atoms with E-state index in [1.165, 1.54) is 12.5 Å². The van der Waals surface area contributed by atoms with Crippen LogP contribution < -0.4 is 16.4 Å². The van der Waals surface area contributed by atoms with Gasteiger partial charge in [0.25, 0.3) is 0 Å². The highest BCUT2D eigenvalue weighted by atomic mass is 16.2. The number of nitrogens with two attached hydrogens (primary N) is 1. The average molecular weight is 365 g/mol. The lowest BCUT2D eigenvalue weighted by molar-refractivity contribution is -0.123. The fourth-order valence-electron chi connectivity index (χ4n) is 3.72. The zero-order valence-electron chi connectivity index (χ0n) is 15.9. The van der Waals surface area contributed by atoms with E-state index in [9.17, 15) is 9.59 Å². The van der Waals surface area contributed by atoms with Gasteiger partial charge in [-0.15, -0.1) is 0 Å². The van der Waals surface area contributed by atoms with Crippen molar-refractivity contribution in [3.05, 3.63) is 64.7 Å². The lowest BCUT2D eigenvalue weighted by Gasteiger charge is -2.27. The molecule has 142 valence electrons. The molecule has 0 aliphatic heterocycles. The summed E-state index contributed by atoms with van der Waals surface area (Å²) in [6, 6.07) is 13.5. The van der Waals surface area contributed by atoms with Crippen LogP contribution in [0, 0.1) is 6.92 Å². The average Bonchev–Trinajstić information content (AvgIpc) is 2.61. The first-order chi connectivity index (χ1) is 12.9. The summed E-state index contributed by atoms with van der Waals surface area (Å²) in [5.41, 5.74) is 11.1. The van der Waals surface area contributed by atoms with Crippen molar-refractivity contribution in [3.8, 4) is 0 Å². The Morgan fingerprint density at radius 2 is 1.93 bits per heavy atom. The summed E-state index contributed by atoms with van der Waals surface area (Å²) in [6.45, 7) is 3.48. The normalized spacial score (nSPS) is 16.9. The van der Waals surface area contributed by atoms with Crippen molar-refractivity contribution in [2.24, 2.45) is 0 Å². The number of carbonyl (C=O) groups excluding carboxylic acids is 2. The van der Waals surface area contributed by atoms with Gasteiger partial charge in [-0.25, -0.2) is 0 Å². The zero-order chi connectivity index (χ0) is 19.4. The first kappa shape index (κ1) is 19.0. The SMILES string of the molecule is CC(=O)NC(CC(=O)NC1CCCc2cc(N)ccc21)c1ccc(C)cc1. The highest BCUT2D eigenvalue weighted by molar-refractivity contribution is 5.79. The topological polar surface area (TPSA) is 84.2 Å². The Bertz CT molecular complexity index is 830. The zero-order valence-corrected chi connectivity index (χ0v) is 15.9. The Kier molecular flexibility index (Phi) is 5.79. The van der Waals surface area contributed by atoms with Crippen LogP contribution in [0.3, 0.4) is 0 Å². The van der Waals surface area contributed by atoms with E-state index in [4.69, 9.17) is 5.73 Å². The van der Waals surface area contributed by atoms with Gasteiger partial charge in [0.2, 0.25) is 11.8 Å². The van der Waals surface area contributed by atoms with Gasteiger partial charge in [-0.3, -0.25) is 9.59 Å². The first-order valence-corrected chi connectivity index (χ1v) is 9.43. The number of rotatable bonds is 5. The van der Waals surface area contributed by atoms with Crippen molar-refractivity contribution in [2.45, 2.75) is 51.6 Å². The van der Waals surface area contributed by atoms with Crippen molar-refractivity contribution in [1.82, 2.24) is 10.6 Å². The van der Waals surface area contributed by atoms with Gasteiger partial charge in [0.05, 0.1) is 18.5 Å². The molecule has 2 amide bonds. The largest absolute Gasteiger partial charge is 0.399 e. The molecule has 5 nitrogen and oxygen atoms in total. The number of aryl methyl sites for hydroxylation is 2.